The van der Waals surface area contributed by atoms with Gasteiger partial charge in [-0.05, 0) is 28.5 Å². The van der Waals surface area contributed by atoms with E-state index in [-0.39, 0.29) is 5.91 Å². The molecule has 1 rings (SSSR count). The van der Waals surface area contributed by atoms with E-state index in [0.29, 0.717) is 12.2 Å². The van der Waals surface area contributed by atoms with Crippen molar-refractivity contribution in [1.82, 2.24) is 15.6 Å². The van der Waals surface area contributed by atoms with Crippen LogP contribution in [-0.4, -0.2) is 30.5 Å². The van der Waals surface area contributed by atoms with Crippen molar-refractivity contribution in [2.75, 3.05) is 19.6 Å². The van der Waals surface area contributed by atoms with Crippen molar-refractivity contribution in [2.24, 2.45) is 0 Å². The van der Waals surface area contributed by atoms with Crippen molar-refractivity contribution in [3.63, 3.8) is 0 Å². The number of nitrogens with one attached hydrogen (secondary N) is 3. The summed E-state index contributed by atoms with van der Waals surface area (Å²) >= 11 is 3.27. The van der Waals surface area contributed by atoms with Gasteiger partial charge in [0.15, 0.2) is 0 Å². The minimum Gasteiger partial charge on any atom is -0.356 e. The molecule has 3 N–H and O–H groups in total. The summed E-state index contributed by atoms with van der Waals surface area (Å²) in [6.45, 7) is 4.39. The van der Waals surface area contributed by atoms with Crippen molar-refractivity contribution in [1.29, 1.82) is 0 Å². The Balaban J connectivity index is 2.29. The Hall–Kier alpha value is -0.810. The van der Waals surface area contributed by atoms with Crippen molar-refractivity contribution in [2.45, 2.75) is 6.92 Å². The van der Waals surface area contributed by atoms with Crippen molar-refractivity contribution >= 4 is 21.8 Å². The van der Waals surface area contributed by atoms with Crippen LogP contribution in [0, 0.1) is 0 Å². The first-order valence-electron chi connectivity index (χ1n) is 4.57. The monoisotopic (exact) mass is 259 g/mol. The number of H-pyrrole nitrogens is 1. The Morgan fingerprint density at radius 1 is 1.57 bits per heavy atom. The molecule has 1 aromatic heterocycles. The Morgan fingerprint density at radius 2 is 2.36 bits per heavy atom. The van der Waals surface area contributed by atoms with Gasteiger partial charge in [0.2, 0.25) is 0 Å². The summed E-state index contributed by atoms with van der Waals surface area (Å²) in [5.41, 5.74) is 0.577. The normalized spacial score (nSPS) is 10.1. The van der Waals surface area contributed by atoms with Gasteiger partial charge in [0, 0.05) is 23.8 Å². The van der Waals surface area contributed by atoms with Gasteiger partial charge < -0.3 is 15.6 Å². The zero-order valence-electron chi connectivity index (χ0n) is 8.06. The van der Waals surface area contributed by atoms with Gasteiger partial charge in [0.1, 0.15) is 5.69 Å². The second kappa shape index (κ2) is 5.82. The van der Waals surface area contributed by atoms with Crippen LogP contribution in [0.4, 0.5) is 0 Å². The van der Waals surface area contributed by atoms with Gasteiger partial charge in [-0.2, -0.15) is 0 Å². The summed E-state index contributed by atoms with van der Waals surface area (Å²) in [4.78, 5) is 14.3. The predicted molar refractivity (Wildman–Crippen MR) is 59.4 cm³/mol. The van der Waals surface area contributed by atoms with Crippen LogP contribution in [0.3, 0.4) is 0 Å². The lowest BCUT2D eigenvalue weighted by Gasteiger charge is -2.03. The minimum atomic E-state index is -0.0754. The lowest BCUT2D eigenvalue weighted by Crippen LogP contribution is -2.31. The van der Waals surface area contributed by atoms with Crippen LogP contribution in [0.25, 0.3) is 0 Å². The Labute approximate surface area is 91.6 Å². The number of aromatic amines is 1. The molecular weight excluding hydrogens is 246 g/mol. The number of amides is 1. The molecule has 1 aromatic rings. The summed E-state index contributed by atoms with van der Waals surface area (Å²) in [7, 11) is 0. The van der Waals surface area contributed by atoms with Gasteiger partial charge in [-0.25, -0.2) is 0 Å². The molecule has 0 radical (unpaired) electrons. The molecule has 5 heteroatoms. The Kier molecular flexibility index (Phi) is 4.69. The number of carbonyl (C=O) groups is 1. The van der Waals surface area contributed by atoms with Gasteiger partial charge in [-0.1, -0.05) is 6.92 Å². The highest BCUT2D eigenvalue weighted by Gasteiger charge is 2.05. The fraction of sp³-hybridized carbons (Fsp3) is 0.444. The summed E-state index contributed by atoms with van der Waals surface area (Å²) in [5, 5.41) is 5.92. The van der Waals surface area contributed by atoms with E-state index in [9.17, 15) is 4.79 Å². The molecule has 1 amide bonds. The molecule has 0 atom stereocenters. The first-order chi connectivity index (χ1) is 6.74. The van der Waals surface area contributed by atoms with Crippen LogP contribution >= 0.6 is 15.9 Å². The highest BCUT2D eigenvalue weighted by atomic mass is 79.9. The maximum Gasteiger partial charge on any atom is 0.267 e. The molecule has 0 spiro atoms. The lowest BCUT2D eigenvalue weighted by atomic mass is 10.4. The maximum atomic E-state index is 11.4. The van der Waals surface area contributed by atoms with E-state index in [4.69, 9.17) is 0 Å². The zero-order chi connectivity index (χ0) is 10.4. The van der Waals surface area contributed by atoms with Gasteiger partial charge in [-0.15, -0.1) is 0 Å². The Bertz CT molecular complexity index is 298. The average molecular weight is 260 g/mol. The summed E-state index contributed by atoms with van der Waals surface area (Å²) in [5.74, 6) is -0.0754. The number of hydrogen-bond donors (Lipinski definition) is 3. The average Bonchev–Trinajstić information content (AvgIpc) is 2.59. The van der Waals surface area contributed by atoms with E-state index in [1.54, 1.807) is 12.3 Å². The van der Waals surface area contributed by atoms with Crippen LogP contribution in [0.2, 0.25) is 0 Å². The minimum absolute atomic E-state index is 0.0754. The van der Waals surface area contributed by atoms with E-state index in [1.165, 1.54) is 0 Å². The fourth-order valence-corrected chi connectivity index (χ4v) is 1.38. The highest BCUT2D eigenvalue weighted by molar-refractivity contribution is 9.10. The number of aromatic nitrogens is 1. The molecule has 78 valence electrons. The molecule has 4 nitrogen and oxygen atoms in total. The van der Waals surface area contributed by atoms with Crippen LogP contribution in [-0.2, 0) is 0 Å². The summed E-state index contributed by atoms with van der Waals surface area (Å²) in [6.07, 6.45) is 1.74. The quantitative estimate of drug-likeness (QED) is 0.695. The van der Waals surface area contributed by atoms with E-state index in [2.05, 4.69) is 31.5 Å². The second-order valence-electron chi connectivity index (χ2n) is 2.84. The van der Waals surface area contributed by atoms with E-state index in [1.807, 2.05) is 6.92 Å². The highest BCUT2D eigenvalue weighted by Crippen LogP contribution is 2.09. The molecule has 14 heavy (non-hydrogen) atoms. The van der Waals surface area contributed by atoms with E-state index < -0.39 is 0 Å². The van der Waals surface area contributed by atoms with Gasteiger partial charge in [0.25, 0.3) is 5.91 Å². The number of carbonyl (C=O) groups excluding carboxylic acids is 1. The van der Waals surface area contributed by atoms with Gasteiger partial charge in [-0.3, -0.25) is 4.79 Å². The second-order valence-corrected chi connectivity index (χ2v) is 3.76. The van der Waals surface area contributed by atoms with E-state index >= 15 is 0 Å². The standard InChI is InChI=1S/C9H14BrN3O/c1-2-11-3-4-12-9(14)8-5-7(10)6-13-8/h5-6,11,13H,2-4H2,1H3,(H,12,14). The van der Waals surface area contributed by atoms with Crippen molar-refractivity contribution < 1.29 is 4.79 Å². The largest absolute Gasteiger partial charge is 0.356 e. The molecule has 0 aliphatic heterocycles. The number of hydrogen-bond acceptors (Lipinski definition) is 2. The van der Waals surface area contributed by atoms with Gasteiger partial charge in [0.05, 0.1) is 0 Å². The predicted octanol–water partition coefficient (Wildman–Crippen LogP) is 1.12. The smallest absolute Gasteiger partial charge is 0.267 e. The molecule has 0 saturated carbocycles. The first-order valence-corrected chi connectivity index (χ1v) is 5.36. The third-order valence-electron chi connectivity index (χ3n) is 1.73. The molecule has 0 saturated heterocycles. The molecule has 1 heterocycles. The molecule has 0 aromatic carbocycles. The molecule has 0 aliphatic carbocycles. The lowest BCUT2D eigenvalue weighted by molar-refractivity contribution is 0.0949. The van der Waals surface area contributed by atoms with Crippen molar-refractivity contribution in [3.8, 4) is 0 Å². The third kappa shape index (κ3) is 3.51. The van der Waals surface area contributed by atoms with Crippen molar-refractivity contribution in [3.05, 3.63) is 22.4 Å². The molecule has 0 aliphatic rings. The van der Waals surface area contributed by atoms with E-state index in [0.717, 1.165) is 17.6 Å². The molecule has 0 fully saturated rings. The molecular formula is C9H14BrN3O. The number of halogens is 1. The Morgan fingerprint density at radius 3 is 2.93 bits per heavy atom. The van der Waals surface area contributed by atoms with Crippen LogP contribution < -0.4 is 10.6 Å². The maximum absolute atomic E-state index is 11.4. The topological polar surface area (TPSA) is 56.9 Å². The molecule has 0 bridgehead atoms. The van der Waals surface area contributed by atoms with Crippen LogP contribution in [0.5, 0.6) is 0 Å². The fourth-order valence-electron chi connectivity index (χ4n) is 1.04. The summed E-state index contributed by atoms with van der Waals surface area (Å²) < 4.78 is 0.884. The van der Waals surface area contributed by atoms with Crippen LogP contribution in [0.15, 0.2) is 16.7 Å². The number of likely N-dealkylation sites (N-methyl/N-ethyl adjacent to an activating group) is 1. The van der Waals surface area contributed by atoms with Gasteiger partial charge >= 0.3 is 0 Å². The first kappa shape index (κ1) is 11.3. The zero-order valence-corrected chi connectivity index (χ0v) is 9.65. The SMILES string of the molecule is CCNCCNC(=O)c1cc(Br)c[nH]1. The molecule has 0 unspecified atom stereocenters. The summed E-state index contributed by atoms with van der Waals surface area (Å²) in [6, 6.07) is 1.75. The third-order valence-corrected chi connectivity index (χ3v) is 2.19. The van der Waals surface area contributed by atoms with Crippen LogP contribution in [0.1, 0.15) is 17.4 Å². The number of rotatable bonds is 5.